The number of likely N-dealkylation sites (tertiary alicyclic amines) is 1. The molecule has 0 spiro atoms. The molecule has 156 valence electrons. The van der Waals surface area contributed by atoms with Gasteiger partial charge in [-0.3, -0.25) is 14.3 Å². The van der Waals surface area contributed by atoms with Crippen LogP contribution in [0.4, 0.5) is 0 Å². The fourth-order valence-corrected chi connectivity index (χ4v) is 4.80. The molecule has 1 aliphatic heterocycles. The number of carbonyl (C=O) groups excluding carboxylic acids is 1. The van der Waals surface area contributed by atoms with Crippen molar-refractivity contribution in [1.29, 1.82) is 0 Å². The predicted octanol–water partition coefficient (Wildman–Crippen LogP) is 4.27. The number of amides is 1. The van der Waals surface area contributed by atoms with Gasteiger partial charge in [0.05, 0.1) is 12.3 Å². The van der Waals surface area contributed by atoms with Crippen molar-refractivity contribution in [3.63, 3.8) is 0 Å². The molecule has 30 heavy (non-hydrogen) atoms. The second-order valence-electron chi connectivity index (χ2n) is 7.55. The number of pyridine rings is 1. The lowest BCUT2D eigenvalue weighted by Gasteiger charge is -2.35. The molecule has 6 nitrogen and oxygen atoms in total. The Morgan fingerprint density at radius 3 is 2.77 bits per heavy atom. The summed E-state index contributed by atoms with van der Waals surface area (Å²) in [7, 11) is 0. The molecule has 3 aromatic rings. The number of benzene rings is 1. The van der Waals surface area contributed by atoms with Gasteiger partial charge in [-0.25, -0.2) is 0 Å². The van der Waals surface area contributed by atoms with Crippen molar-refractivity contribution < 1.29 is 4.79 Å². The summed E-state index contributed by atoms with van der Waals surface area (Å²) in [5, 5.41) is 9.61. The molecule has 1 fully saturated rings. The van der Waals surface area contributed by atoms with E-state index in [0.717, 1.165) is 47.9 Å². The number of hydrogen-bond donors (Lipinski definition) is 0. The molecule has 0 unspecified atom stereocenters. The van der Waals surface area contributed by atoms with Crippen molar-refractivity contribution in [2.24, 2.45) is 0 Å². The van der Waals surface area contributed by atoms with Crippen molar-refractivity contribution in [3.05, 3.63) is 60.4 Å². The highest BCUT2D eigenvalue weighted by Gasteiger charge is 2.26. The summed E-state index contributed by atoms with van der Waals surface area (Å²) in [6.45, 7) is 3.69. The van der Waals surface area contributed by atoms with Crippen molar-refractivity contribution in [3.8, 4) is 11.4 Å². The summed E-state index contributed by atoms with van der Waals surface area (Å²) in [5.74, 6) is 1.35. The van der Waals surface area contributed by atoms with Gasteiger partial charge in [-0.15, -0.1) is 10.2 Å². The summed E-state index contributed by atoms with van der Waals surface area (Å²) in [6, 6.07) is 14.5. The van der Waals surface area contributed by atoms with Crippen LogP contribution >= 0.6 is 11.8 Å². The van der Waals surface area contributed by atoms with E-state index in [0.29, 0.717) is 18.3 Å². The maximum Gasteiger partial charge on any atom is 0.233 e. The Kier molecular flexibility index (Phi) is 6.79. The fraction of sp³-hybridized carbons (Fsp3) is 0.391. The molecule has 7 heteroatoms. The molecule has 0 saturated carbocycles. The number of thioether (sulfide) groups is 1. The van der Waals surface area contributed by atoms with Gasteiger partial charge >= 0.3 is 0 Å². The van der Waals surface area contributed by atoms with Crippen LogP contribution in [0.3, 0.4) is 0 Å². The summed E-state index contributed by atoms with van der Waals surface area (Å²) in [4.78, 5) is 19.2. The SMILES string of the molecule is CC[C@H]1CCCCN1C(=O)CSc1nnc(-c2cccnc2)n1Cc1ccccc1. The van der Waals surface area contributed by atoms with Crippen molar-refractivity contribution >= 4 is 17.7 Å². The Balaban J connectivity index is 1.55. The molecule has 0 bridgehead atoms. The molecule has 3 heterocycles. The average molecular weight is 422 g/mol. The van der Waals surface area contributed by atoms with Crippen molar-refractivity contribution in [2.45, 2.75) is 50.4 Å². The van der Waals surface area contributed by atoms with Crippen LogP contribution in [0.25, 0.3) is 11.4 Å². The molecule has 1 amide bonds. The summed E-state index contributed by atoms with van der Waals surface area (Å²) in [6.07, 6.45) is 7.99. The van der Waals surface area contributed by atoms with Gasteiger partial charge in [0.25, 0.3) is 0 Å². The Hall–Kier alpha value is -2.67. The van der Waals surface area contributed by atoms with Crippen LogP contribution in [0.2, 0.25) is 0 Å². The van der Waals surface area contributed by atoms with Crippen LogP contribution in [0.1, 0.15) is 38.2 Å². The number of nitrogens with zero attached hydrogens (tertiary/aromatic N) is 5. The summed E-state index contributed by atoms with van der Waals surface area (Å²) in [5.41, 5.74) is 2.08. The Morgan fingerprint density at radius 2 is 2.00 bits per heavy atom. The first-order valence-electron chi connectivity index (χ1n) is 10.6. The van der Waals surface area contributed by atoms with Crippen LogP contribution in [-0.4, -0.2) is 48.9 Å². The standard InChI is InChI=1S/C23H27N5OS/c1-2-20-12-6-7-14-27(20)21(29)17-30-23-26-25-22(19-11-8-13-24-15-19)28(23)16-18-9-4-3-5-10-18/h3-5,8-11,13,15,20H,2,6-7,12,14,16-17H2,1H3/t20-/m0/s1. The van der Waals surface area contributed by atoms with E-state index in [2.05, 4.69) is 43.7 Å². The molecule has 0 N–H and O–H groups in total. The number of piperidine rings is 1. The van der Waals surface area contributed by atoms with E-state index < -0.39 is 0 Å². The summed E-state index contributed by atoms with van der Waals surface area (Å²) >= 11 is 1.47. The predicted molar refractivity (Wildman–Crippen MR) is 119 cm³/mol. The lowest BCUT2D eigenvalue weighted by atomic mass is 10.0. The lowest BCUT2D eigenvalue weighted by molar-refractivity contribution is -0.132. The molecule has 4 rings (SSSR count). The van der Waals surface area contributed by atoms with Gasteiger partial charge in [-0.2, -0.15) is 0 Å². The molecular formula is C23H27N5OS. The topological polar surface area (TPSA) is 63.9 Å². The lowest BCUT2D eigenvalue weighted by Crippen LogP contribution is -2.44. The van der Waals surface area contributed by atoms with Gasteiger partial charge in [0.1, 0.15) is 0 Å². The quantitative estimate of drug-likeness (QED) is 0.533. The third-order valence-corrected chi connectivity index (χ3v) is 6.52. The largest absolute Gasteiger partial charge is 0.339 e. The first kappa shape index (κ1) is 20.6. The van der Waals surface area contributed by atoms with E-state index >= 15 is 0 Å². The zero-order chi connectivity index (χ0) is 20.8. The number of hydrogen-bond acceptors (Lipinski definition) is 5. The highest BCUT2D eigenvalue weighted by Crippen LogP contribution is 2.26. The van der Waals surface area contributed by atoms with Gasteiger partial charge in [-0.1, -0.05) is 49.0 Å². The second-order valence-corrected chi connectivity index (χ2v) is 8.50. The van der Waals surface area contributed by atoms with Gasteiger partial charge in [0, 0.05) is 30.5 Å². The Morgan fingerprint density at radius 1 is 1.13 bits per heavy atom. The Labute approximate surface area is 181 Å². The zero-order valence-electron chi connectivity index (χ0n) is 17.3. The van der Waals surface area contributed by atoms with E-state index in [1.807, 2.05) is 30.3 Å². The van der Waals surface area contributed by atoms with E-state index in [1.165, 1.54) is 18.2 Å². The Bertz CT molecular complexity index is 960. The monoisotopic (exact) mass is 421 g/mol. The maximum atomic E-state index is 12.9. The van der Waals surface area contributed by atoms with Gasteiger partial charge in [0.15, 0.2) is 11.0 Å². The minimum atomic E-state index is 0.198. The van der Waals surface area contributed by atoms with Gasteiger partial charge in [-0.05, 0) is 43.4 Å². The van der Waals surface area contributed by atoms with Crippen LogP contribution in [0, 0.1) is 0 Å². The molecule has 1 aliphatic rings. The third kappa shape index (κ3) is 4.73. The molecular weight excluding hydrogens is 394 g/mol. The van der Waals surface area contributed by atoms with E-state index in [1.54, 1.807) is 12.4 Å². The third-order valence-electron chi connectivity index (χ3n) is 5.56. The van der Waals surface area contributed by atoms with Crippen LogP contribution < -0.4 is 0 Å². The number of aromatic nitrogens is 4. The molecule has 0 aliphatic carbocycles. The highest BCUT2D eigenvalue weighted by molar-refractivity contribution is 7.99. The minimum absolute atomic E-state index is 0.198. The zero-order valence-corrected chi connectivity index (χ0v) is 18.1. The van der Waals surface area contributed by atoms with E-state index in [4.69, 9.17) is 0 Å². The average Bonchev–Trinajstić information content (AvgIpc) is 3.21. The smallest absolute Gasteiger partial charge is 0.233 e. The van der Waals surface area contributed by atoms with Crippen LogP contribution in [0.15, 0.2) is 60.0 Å². The van der Waals surface area contributed by atoms with Crippen molar-refractivity contribution in [1.82, 2.24) is 24.6 Å². The molecule has 2 aromatic heterocycles. The normalized spacial score (nSPS) is 16.6. The van der Waals surface area contributed by atoms with Crippen molar-refractivity contribution in [2.75, 3.05) is 12.3 Å². The molecule has 1 aromatic carbocycles. The molecule has 1 saturated heterocycles. The van der Waals surface area contributed by atoms with Crippen LogP contribution in [0.5, 0.6) is 0 Å². The highest BCUT2D eigenvalue weighted by atomic mass is 32.2. The summed E-state index contributed by atoms with van der Waals surface area (Å²) < 4.78 is 2.08. The van der Waals surface area contributed by atoms with E-state index in [9.17, 15) is 4.79 Å². The van der Waals surface area contributed by atoms with Gasteiger partial charge < -0.3 is 4.90 Å². The fourth-order valence-electron chi connectivity index (χ4n) is 3.98. The molecule has 1 atom stereocenters. The second kappa shape index (κ2) is 9.89. The molecule has 0 radical (unpaired) electrons. The van der Waals surface area contributed by atoms with E-state index in [-0.39, 0.29) is 5.91 Å². The number of carbonyl (C=O) groups is 1. The number of rotatable bonds is 7. The maximum absolute atomic E-state index is 12.9. The minimum Gasteiger partial charge on any atom is -0.339 e. The van der Waals surface area contributed by atoms with Gasteiger partial charge in [0.2, 0.25) is 5.91 Å². The van der Waals surface area contributed by atoms with Crippen LogP contribution in [-0.2, 0) is 11.3 Å². The first-order valence-corrected chi connectivity index (χ1v) is 11.5. The first-order chi connectivity index (χ1) is 14.8.